The fourth-order valence-corrected chi connectivity index (χ4v) is 2.95. The molecule has 1 saturated heterocycles. The van der Waals surface area contributed by atoms with Gasteiger partial charge in [-0.1, -0.05) is 0 Å². The van der Waals surface area contributed by atoms with Crippen LogP contribution in [0.1, 0.15) is 0 Å². The van der Waals surface area contributed by atoms with Crippen LogP contribution in [0.25, 0.3) is 10.9 Å². The molecule has 3 aromatic rings. The predicted octanol–water partition coefficient (Wildman–Crippen LogP) is 1.18. The zero-order valence-corrected chi connectivity index (χ0v) is 12.8. The first-order valence-corrected chi connectivity index (χ1v) is 7.65. The van der Waals surface area contributed by atoms with Crippen molar-refractivity contribution in [3.63, 3.8) is 0 Å². The van der Waals surface area contributed by atoms with Gasteiger partial charge in [-0.05, 0) is 18.2 Å². The lowest BCUT2D eigenvalue weighted by Crippen LogP contribution is -2.47. The summed E-state index contributed by atoms with van der Waals surface area (Å²) in [6.07, 6.45) is 2.91. The monoisotopic (exact) mass is 326 g/mol. The second kappa shape index (κ2) is 5.88. The van der Waals surface area contributed by atoms with Gasteiger partial charge in [0.05, 0.1) is 11.8 Å². The lowest BCUT2D eigenvalue weighted by molar-refractivity contribution is 0.628. The summed E-state index contributed by atoms with van der Waals surface area (Å²) in [4.78, 5) is 30.8. The molecule has 8 heteroatoms. The number of benzene rings is 1. The van der Waals surface area contributed by atoms with E-state index in [9.17, 15) is 9.18 Å². The zero-order chi connectivity index (χ0) is 16.5. The van der Waals surface area contributed by atoms with Crippen LogP contribution in [0.2, 0.25) is 0 Å². The summed E-state index contributed by atoms with van der Waals surface area (Å²) in [6, 6.07) is 6.02. The second-order valence-electron chi connectivity index (χ2n) is 5.60. The third-order valence-electron chi connectivity index (χ3n) is 4.14. The fraction of sp³-hybridized carbons (Fsp3) is 0.250. The molecule has 0 unspecified atom stereocenters. The molecular weight excluding hydrogens is 311 g/mol. The van der Waals surface area contributed by atoms with Crippen molar-refractivity contribution in [3.05, 3.63) is 53.1 Å². The van der Waals surface area contributed by atoms with Crippen molar-refractivity contribution in [3.8, 4) is 0 Å². The van der Waals surface area contributed by atoms with E-state index in [4.69, 9.17) is 0 Å². The fourth-order valence-electron chi connectivity index (χ4n) is 2.95. The Labute approximate surface area is 136 Å². The maximum Gasteiger partial charge on any atom is 0.252 e. The molecule has 0 amide bonds. The first-order chi connectivity index (χ1) is 11.7. The van der Waals surface area contributed by atoms with E-state index in [1.54, 1.807) is 6.07 Å². The number of hydrogen-bond acceptors (Lipinski definition) is 6. The molecule has 3 heterocycles. The van der Waals surface area contributed by atoms with Gasteiger partial charge >= 0.3 is 0 Å². The summed E-state index contributed by atoms with van der Waals surface area (Å²) < 4.78 is 13.6. The minimum Gasteiger partial charge on any atom is -0.353 e. The summed E-state index contributed by atoms with van der Waals surface area (Å²) in [5.74, 6) is 1.10. The molecule has 1 aromatic carbocycles. The number of aromatic nitrogens is 4. The molecule has 7 nitrogen and oxygen atoms in total. The van der Waals surface area contributed by atoms with Crippen molar-refractivity contribution >= 4 is 22.5 Å². The quantitative estimate of drug-likeness (QED) is 0.762. The van der Waals surface area contributed by atoms with Crippen molar-refractivity contribution in [1.82, 2.24) is 19.9 Å². The molecule has 1 aliphatic rings. The Morgan fingerprint density at radius 2 is 1.79 bits per heavy atom. The molecule has 1 fully saturated rings. The zero-order valence-electron chi connectivity index (χ0n) is 12.8. The minimum absolute atomic E-state index is 0.167. The van der Waals surface area contributed by atoms with Gasteiger partial charge in [0.1, 0.15) is 23.8 Å². The largest absolute Gasteiger partial charge is 0.353 e. The van der Waals surface area contributed by atoms with E-state index >= 15 is 0 Å². The number of rotatable bonds is 2. The SMILES string of the molecule is O=c1cc(N2CCN(c3ncnc4ccc(F)cc34)CC2)nc[nH]1. The predicted molar refractivity (Wildman–Crippen MR) is 88.8 cm³/mol. The highest BCUT2D eigenvalue weighted by Crippen LogP contribution is 2.25. The number of nitrogens with one attached hydrogen (secondary N) is 1. The van der Waals surface area contributed by atoms with Crippen LogP contribution in [-0.2, 0) is 0 Å². The Bertz CT molecular complexity index is 935. The van der Waals surface area contributed by atoms with Crippen LogP contribution in [0.15, 0.2) is 41.7 Å². The van der Waals surface area contributed by atoms with Gasteiger partial charge in [-0.15, -0.1) is 0 Å². The van der Waals surface area contributed by atoms with Crippen molar-refractivity contribution in [2.45, 2.75) is 0 Å². The smallest absolute Gasteiger partial charge is 0.252 e. The summed E-state index contributed by atoms with van der Waals surface area (Å²) in [6.45, 7) is 2.82. The molecule has 4 rings (SSSR count). The van der Waals surface area contributed by atoms with E-state index in [2.05, 4.69) is 29.7 Å². The Hall–Kier alpha value is -3.03. The van der Waals surface area contributed by atoms with Crippen LogP contribution >= 0.6 is 0 Å². The van der Waals surface area contributed by atoms with Gasteiger partial charge in [-0.2, -0.15) is 0 Å². The van der Waals surface area contributed by atoms with Crippen molar-refractivity contribution < 1.29 is 4.39 Å². The van der Waals surface area contributed by atoms with Gasteiger partial charge in [0.25, 0.3) is 5.56 Å². The number of nitrogens with zero attached hydrogens (tertiary/aromatic N) is 5. The van der Waals surface area contributed by atoms with Crippen LogP contribution < -0.4 is 15.4 Å². The third-order valence-corrected chi connectivity index (χ3v) is 4.14. The minimum atomic E-state index is -0.301. The van der Waals surface area contributed by atoms with Crippen LogP contribution in [-0.4, -0.2) is 46.1 Å². The molecule has 24 heavy (non-hydrogen) atoms. The number of H-pyrrole nitrogens is 1. The number of piperazine rings is 1. The average Bonchev–Trinajstić information content (AvgIpc) is 2.61. The van der Waals surface area contributed by atoms with Crippen LogP contribution in [0.4, 0.5) is 16.0 Å². The van der Waals surface area contributed by atoms with E-state index in [1.165, 1.54) is 30.9 Å². The van der Waals surface area contributed by atoms with Crippen LogP contribution in [0, 0.1) is 5.82 Å². The first-order valence-electron chi connectivity index (χ1n) is 7.65. The lowest BCUT2D eigenvalue weighted by atomic mass is 10.2. The number of aromatic amines is 1. The molecule has 0 bridgehead atoms. The van der Waals surface area contributed by atoms with Gasteiger partial charge < -0.3 is 14.8 Å². The molecule has 0 atom stereocenters. The number of anilines is 2. The molecule has 2 aromatic heterocycles. The Kier molecular flexibility index (Phi) is 3.56. The summed E-state index contributed by atoms with van der Waals surface area (Å²) >= 11 is 0. The third kappa shape index (κ3) is 2.66. The maximum atomic E-state index is 13.6. The van der Waals surface area contributed by atoms with Crippen LogP contribution in [0.5, 0.6) is 0 Å². The molecule has 0 spiro atoms. The lowest BCUT2D eigenvalue weighted by Gasteiger charge is -2.36. The van der Waals surface area contributed by atoms with E-state index in [-0.39, 0.29) is 11.4 Å². The summed E-state index contributed by atoms with van der Waals surface area (Å²) in [5.41, 5.74) is 0.555. The molecular formula is C16H15FN6O. The first kappa shape index (κ1) is 14.6. The molecule has 122 valence electrons. The van der Waals surface area contributed by atoms with Crippen molar-refractivity contribution in [2.75, 3.05) is 36.0 Å². The molecule has 1 aliphatic heterocycles. The highest BCUT2D eigenvalue weighted by atomic mass is 19.1. The number of hydrogen-bond donors (Lipinski definition) is 1. The summed E-state index contributed by atoms with van der Waals surface area (Å²) in [7, 11) is 0. The van der Waals surface area contributed by atoms with Gasteiger partial charge in [0.15, 0.2) is 0 Å². The molecule has 0 aliphatic carbocycles. The van der Waals surface area contributed by atoms with E-state index in [1.807, 2.05) is 0 Å². The van der Waals surface area contributed by atoms with Gasteiger partial charge in [-0.25, -0.2) is 19.3 Å². The van der Waals surface area contributed by atoms with Gasteiger partial charge in [0.2, 0.25) is 0 Å². The van der Waals surface area contributed by atoms with Gasteiger partial charge in [-0.3, -0.25) is 4.79 Å². The molecule has 1 N–H and O–H groups in total. The Morgan fingerprint density at radius 1 is 1.00 bits per heavy atom. The normalized spacial score (nSPS) is 15.0. The Balaban J connectivity index is 1.58. The van der Waals surface area contributed by atoms with E-state index < -0.39 is 0 Å². The number of halogens is 1. The average molecular weight is 326 g/mol. The Morgan fingerprint density at radius 3 is 2.58 bits per heavy atom. The highest BCUT2D eigenvalue weighted by Gasteiger charge is 2.21. The van der Waals surface area contributed by atoms with Crippen LogP contribution in [0.3, 0.4) is 0 Å². The number of fused-ring (bicyclic) bond motifs is 1. The maximum absolute atomic E-state index is 13.6. The van der Waals surface area contributed by atoms with E-state index in [0.29, 0.717) is 37.4 Å². The van der Waals surface area contributed by atoms with E-state index in [0.717, 1.165) is 11.3 Å². The van der Waals surface area contributed by atoms with Gasteiger partial charge in [0, 0.05) is 37.6 Å². The molecule has 0 radical (unpaired) electrons. The van der Waals surface area contributed by atoms with Crippen molar-refractivity contribution in [1.29, 1.82) is 0 Å². The van der Waals surface area contributed by atoms with Crippen molar-refractivity contribution in [2.24, 2.45) is 0 Å². The summed E-state index contributed by atoms with van der Waals surface area (Å²) in [5, 5.41) is 0.709. The molecule has 0 saturated carbocycles. The topological polar surface area (TPSA) is 78.0 Å². The second-order valence-corrected chi connectivity index (χ2v) is 5.60. The highest BCUT2D eigenvalue weighted by molar-refractivity contribution is 5.89. The standard InChI is InChI=1S/C16H15FN6O/c17-11-1-2-13-12(7-11)16(21-9-18-13)23-5-3-22(4-6-23)14-8-15(24)20-10-19-14/h1-2,7-10H,3-6H2,(H,19,20,24).